The Morgan fingerprint density at radius 1 is 1.32 bits per heavy atom. The predicted octanol–water partition coefficient (Wildman–Crippen LogP) is 4.31. The summed E-state index contributed by atoms with van der Waals surface area (Å²) in [5.74, 6) is 0.907. The molecule has 1 aliphatic heterocycles. The van der Waals surface area contributed by atoms with Gasteiger partial charge in [0.15, 0.2) is 5.96 Å². The largest absolute Gasteiger partial charge is 0.354 e. The fourth-order valence-electron chi connectivity index (χ4n) is 3.11. The molecule has 0 spiro atoms. The fourth-order valence-corrected chi connectivity index (χ4v) is 3.58. The molecule has 0 unspecified atom stereocenters. The molecule has 0 saturated carbocycles. The number of halogens is 2. The number of aliphatic imine (C=N–C) groups is 1. The highest BCUT2D eigenvalue weighted by molar-refractivity contribution is 14.0. The van der Waals surface area contributed by atoms with Crippen molar-refractivity contribution in [3.8, 4) is 0 Å². The van der Waals surface area contributed by atoms with Gasteiger partial charge in [0.2, 0.25) is 0 Å². The van der Waals surface area contributed by atoms with Crippen molar-refractivity contribution in [3.05, 3.63) is 33.8 Å². The molecule has 0 aromatic heterocycles. The number of benzene rings is 1. The molecule has 1 fully saturated rings. The quantitative estimate of drug-likeness (QED) is 0.332. The first-order chi connectivity index (χ1) is 11.6. The number of hydrogen-bond donors (Lipinski definition) is 2. The Balaban J connectivity index is 0.00000312. The van der Waals surface area contributed by atoms with E-state index in [0.717, 1.165) is 17.0 Å². The van der Waals surface area contributed by atoms with Crippen LogP contribution in [0.4, 0.5) is 0 Å². The first-order valence-electron chi connectivity index (χ1n) is 9.07. The second-order valence-electron chi connectivity index (χ2n) is 6.61. The molecule has 1 aromatic carbocycles. The number of rotatable bonds is 6. The Kier molecular flexibility index (Phi) is 11.0. The number of guanidine groups is 1. The van der Waals surface area contributed by atoms with Crippen LogP contribution in [0.5, 0.6) is 0 Å². The Morgan fingerprint density at radius 2 is 2.04 bits per heavy atom. The summed E-state index contributed by atoms with van der Waals surface area (Å²) in [5.41, 5.74) is 2.59. The van der Waals surface area contributed by atoms with Gasteiger partial charge in [0.25, 0.3) is 0 Å². The van der Waals surface area contributed by atoms with Crippen molar-refractivity contribution in [3.63, 3.8) is 0 Å². The van der Waals surface area contributed by atoms with E-state index >= 15 is 0 Å². The Morgan fingerprint density at radius 3 is 2.64 bits per heavy atom. The zero-order chi connectivity index (χ0) is 17.4. The highest BCUT2D eigenvalue weighted by Gasteiger charge is 2.19. The highest BCUT2D eigenvalue weighted by atomic mass is 127. The minimum atomic E-state index is 0. The molecule has 0 aliphatic carbocycles. The summed E-state index contributed by atoms with van der Waals surface area (Å²) < 4.78 is 1.13. The van der Waals surface area contributed by atoms with Gasteiger partial charge in [-0.2, -0.15) is 0 Å². The molecule has 1 aliphatic rings. The van der Waals surface area contributed by atoms with E-state index in [1.807, 2.05) is 7.05 Å². The van der Waals surface area contributed by atoms with Gasteiger partial charge in [-0.25, -0.2) is 0 Å². The number of aryl methyl sites for hydroxylation is 1. The van der Waals surface area contributed by atoms with Gasteiger partial charge in [-0.3, -0.25) is 4.99 Å². The van der Waals surface area contributed by atoms with Gasteiger partial charge >= 0.3 is 0 Å². The van der Waals surface area contributed by atoms with Gasteiger partial charge in [-0.05, 0) is 56.0 Å². The maximum atomic E-state index is 4.38. The number of nitrogens with zero attached hydrogens (tertiary/aromatic N) is 2. The van der Waals surface area contributed by atoms with Gasteiger partial charge in [0, 0.05) is 37.2 Å². The maximum absolute atomic E-state index is 4.38. The van der Waals surface area contributed by atoms with E-state index in [1.54, 1.807) is 0 Å². The summed E-state index contributed by atoms with van der Waals surface area (Å²) >= 11 is 3.52. The molecule has 2 N–H and O–H groups in total. The molecule has 0 radical (unpaired) electrons. The molecule has 4 nitrogen and oxygen atoms in total. The fraction of sp³-hybridized carbons (Fsp3) is 0.632. The number of nitrogens with one attached hydrogen (secondary N) is 2. The van der Waals surface area contributed by atoms with E-state index in [9.17, 15) is 0 Å². The van der Waals surface area contributed by atoms with E-state index in [4.69, 9.17) is 0 Å². The molecule has 142 valence electrons. The standard InChI is InChI=1S/C19H31BrN4.HI/c1-4-5-10-24-11-8-18(9-12-24)23-19(21-3)22-14-16-6-7-17(20)13-15(16)2;/h6-7,13,18H,4-5,8-12,14H2,1-3H3,(H2,21,22,23);1H. The van der Waals surface area contributed by atoms with Gasteiger partial charge in [0.1, 0.15) is 0 Å². The summed E-state index contributed by atoms with van der Waals surface area (Å²) in [6.07, 6.45) is 4.99. The van der Waals surface area contributed by atoms with Crippen LogP contribution in [0.15, 0.2) is 27.7 Å². The predicted molar refractivity (Wildman–Crippen MR) is 122 cm³/mol. The van der Waals surface area contributed by atoms with Crippen LogP contribution < -0.4 is 10.6 Å². The highest BCUT2D eigenvalue weighted by Crippen LogP contribution is 2.16. The first-order valence-corrected chi connectivity index (χ1v) is 9.86. The smallest absolute Gasteiger partial charge is 0.191 e. The van der Waals surface area contributed by atoms with Gasteiger partial charge in [0.05, 0.1) is 0 Å². The van der Waals surface area contributed by atoms with E-state index in [2.05, 4.69) is 68.5 Å². The van der Waals surface area contributed by atoms with Crippen LogP contribution in [-0.4, -0.2) is 43.6 Å². The van der Waals surface area contributed by atoms with Crippen molar-refractivity contribution in [2.75, 3.05) is 26.7 Å². The van der Waals surface area contributed by atoms with E-state index < -0.39 is 0 Å². The molecular weight excluding hydrogens is 491 g/mol. The summed E-state index contributed by atoms with van der Waals surface area (Å²) in [6.45, 7) is 8.84. The summed E-state index contributed by atoms with van der Waals surface area (Å²) in [5, 5.41) is 7.04. The molecule has 25 heavy (non-hydrogen) atoms. The first kappa shape index (κ1) is 22.7. The van der Waals surface area contributed by atoms with Crippen LogP contribution in [0, 0.1) is 6.92 Å². The van der Waals surface area contributed by atoms with Crippen LogP contribution in [0.1, 0.15) is 43.7 Å². The van der Waals surface area contributed by atoms with Gasteiger partial charge in [-0.15, -0.1) is 24.0 Å². The van der Waals surface area contributed by atoms with Crippen molar-refractivity contribution in [1.29, 1.82) is 0 Å². The lowest BCUT2D eigenvalue weighted by molar-refractivity contribution is 0.203. The van der Waals surface area contributed by atoms with Crippen molar-refractivity contribution < 1.29 is 0 Å². The maximum Gasteiger partial charge on any atom is 0.191 e. The number of unbranched alkanes of at least 4 members (excludes halogenated alkanes) is 1. The van der Waals surface area contributed by atoms with Gasteiger partial charge in [-0.1, -0.05) is 35.3 Å². The molecular formula is C19H32BrIN4. The molecule has 1 saturated heterocycles. The third-order valence-corrected chi connectivity index (χ3v) is 5.22. The van der Waals surface area contributed by atoms with E-state index in [1.165, 1.54) is 56.4 Å². The molecule has 0 bridgehead atoms. The van der Waals surface area contributed by atoms with Crippen molar-refractivity contribution >= 4 is 45.9 Å². The second-order valence-corrected chi connectivity index (χ2v) is 7.53. The third kappa shape index (κ3) is 7.83. The van der Waals surface area contributed by atoms with E-state index in [0.29, 0.717) is 6.04 Å². The Bertz CT molecular complexity index is 542. The van der Waals surface area contributed by atoms with Gasteiger partial charge < -0.3 is 15.5 Å². The lowest BCUT2D eigenvalue weighted by Gasteiger charge is -2.33. The zero-order valence-electron chi connectivity index (χ0n) is 15.6. The lowest BCUT2D eigenvalue weighted by atomic mass is 10.0. The summed E-state index contributed by atoms with van der Waals surface area (Å²) in [4.78, 5) is 6.97. The minimum Gasteiger partial charge on any atom is -0.354 e. The normalized spacial score (nSPS) is 16.4. The van der Waals surface area contributed by atoms with Crippen LogP contribution in [0.25, 0.3) is 0 Å². The topological polar surface area (TPSA) is 39.7 Å². The van der Waals surface area contributed by atoms with Crippen molar-refractivity contribution in [2.24, 2.45) is 4.99 Å². The lowest BCUT2D eigenvalue weighted by Crippen LogP contribution is -2.48. The number of piperidine rings is 1. The summed E-state index contributed by atoms with van der Waals surface area (Å²) in [7, 11) is 1.85. The van der Waals surface area contributed by atoms with E-state index in [-0.39, 0.29) is 24.0 Å². The second kappa shape index (κ2) is 12.1. The molecule has 1 aromatic rings. The third-order valence-electron chi connectivity index (χ3n) is 4.73. The number of hydrogen-bond acceptors (Lipinski definition) is 2. The Hall–Kier alpha value is -0.340. The molecule has 1 heterocycles. The molecule has 6 heteroatoms. The number of likely N-dealkylation sites (tertiary alicyclic amines) is 1. The van der Waals surface area contributed by atoms with Crippen LogP contribution in [0.3, 0.4) is 0 Å². The minimum absolute atomic E-state index is 0. The van der Waals surface area contributed by atoms with Crippen molar-refractivity contribution in [1.82, 2.24) is 15.5 Å². The van der Waals surface area contributed by atoms with Crippen molar-refractivity contribution in [2.45, 2.75) is 52.1 Å². The average Bonchev–Trinajstić information content (AvgIpc) is 2.59. The molecule has 2 rings (SSSR count). The average molecular weight is 523 g/mol. The SMILES string of the molecule is CCCCN1CCC(NC(=NC)NCc2ccc(Br)cc2C)CC1.I. The zero-order valence-corrected chi connectivity index (χ0v) is 19.6. The summed E-state index contributed by atoms with van der Waals surface area (Å²) in [6, 6.07) is 6.93. The monoisotopic (exact) mass is 522 g/mol. The molecule has 0 amide bonds. The van der Waals surface area contributed by atoms with Crippen LogP contribution in [0.2, 0.25) is 0 Å². The Labute approximate surface area is 178 Å². The molecule has 0 atom stereocenters. The van der Waals surface area contributed by atoms with Crippen LogP contribution in [-0.2, 0) is 6.54 Å². The van der Waals surface area contributed by atoms with Crippen LogP contribution >= 0.6 is 39.9 Å².